The number of carbonyl (C=O) groups is 3. The lowest BCUT2D eigenvalue weighted by Crippen LogP contribution is -2.39. The summed E-state index contributed by atoms with van der Waals surface area (Å²) in [7, 11) is -2.21. The van der Waals surface area contributed by atoms with E-state index in [0.717, 1.165) is 4.90 Å². The fraction of sp³-hybridized carbons (Fsp3) is 0.444. The normalized spacial score (nSPS) is 14.1. The van der Waals surface area contributed by atoms with E-state index in [4.69, 9.17) is 9.47 Å². The van der Waals surface area contributed by atoms with Gasteiger partial charge < -0.3 is 14.8 Å². The number of amides is 3. The van der Waals surface area contributed by atoms with Crippen molar-refractivity contribution in [1.82, 2.24) is 4.90 Å². The molecule has 3 rings (SSSR count). The summed E-state index contributed by atoms with van der Waals surface area (Å²) < 4.78 is 37.2. The summed E-state index contributed by atoms with van der Waals surface area (Å²) in [4.78, 5) is 40.8. The van der Waals surface area contributed by atoms with Crippen LogP contribution in [0.2, 0.25) is 0 Å². The molecular formula is C27H34N2O7S. The molecule has 2 aromatic carbocycles. The van der Waals surface area contributed by atoms with Crippen LogP contribution in [0.5, 0.6) is 11.5 Å². The van der Waals surface area contributed by atoms with Gasteiger partial charge in [-0.25, -0.2) is 8.42 Å². The van der Waals surface area contributed by atoms with Gasteiger partial charge in [0.2, 0.25) is 5.91 Å². The summed E-state index contributed by atoms with van der Waals surface area (Å²) in [6.07, 6.45) is 0.718. The van der Waals surface area contributed by atoms with Gasteiger partial charge in [0, 0.05) is 6.42 Å². The SMILES string of the molecule is CCOc1cc([C@@H](CS(=O)(=O)C(C)C)N2C(=O)c3ccc(CC)c(NC(=O)CC)c3C2=O)ccc1OC. The predicted octanol–water partition coefficient (Wildman–Crippen LogP) is 4.17. The molecule has 1 aliphatic rings. The van der Waals surface area contributed by atoms with Gasteiger partial charge in [0.25, 0.3) is 11.8 Å². The van der Waals surface area contributed by atoms with Crippen LogP contribution in [-0.4, -0.2) is 55.8 Å². The molecular weight excluding hydrogens is 496 g/mol. The third-order valence-corrected chi connectivity index (χ3v) is 8.65. The minimum atomic E-state index is -3.69. The van der Waals surface area contributed by atoms with Gasteiger partial charge in [-0.2, -0.15) is 0 Å². The van der Waals surface area contributed by atoms with E-state index >= 15 is 0 Å². The van der Waals surface area contributed by atoms with Gasteiger partial charge in [-0.1, -0.05) is 26.0 Å². The summed E-state index contributed by atoms with van der Waals surface area (Å²) in [6, 6.07) is 7.00. The summed E-state index contributed by atoms with van der Waals surface area (Å²) >= 11 is 0. The Hall–Kier alpha value is -3.40. The summed E-state index contributed by atoms with van der Waals surface area (Å²) in [5.41, 5.74) is 1.62. The third kappa shape index (κ3) is 5.49. The van der Waals surface area contributed by atoms with E-state index in [-0.39, 0.29) is 23.5 Å². The van der Waals surface area contributed by atoms with Crippen LogP contribution >= 0.6 is 0 Å². The number of rotatable bonds is 11. The number of nitrogens with zero attached hydrogens (tertiary/aromatic N) is 1. The van der Waals surface area contributed by atoms with E-state index in [1.807, 2.05) is 6.92 Å². The molecule has 200 valence electrons. The second-order valence-electron chi connectivity index (χ2n) is 9.00. The van der Waals surface area contributed by atoms with Crippen molar-refractivity contribution in [2.24, 2.45) is 0 Å². The molecule has 3 amide bonds. The second-order valence-corrected chi connectivity index (χ2v) is 11.6. The first kappa shape index (κ1) is 28.2. The van der Waals surface area contributed by atoms with E-state index in [9.17, 15) is 22.8 Å². The van der Waals surface area contributed by atoms with Gasteiger partial charge in [-0.05, 0) is 56.5 Å². The summed E-state index contributed by atoms with van der Waals surface area (Å²) in [5, 5.41) is 2.05. The first-order valence-electron chi connectivity index (χ1n) is 12.4. The number of hydrogen-bond donors (Lipinski definition) is 1. The minimum absolute atomic E-state index is 0.0802. The summed E-state index contributed by atoms with van der Waals surface area (Å²) in [5.74, 6) is -1.22. The molecule has 0 bridgehead atoms. The molecule has 0 saturated heterocycles. The van der Waals surface area contributed by atoms with Gasteiger partial charge in [0.05, 0.1) is 47.6 Å². The molecule has 1 atom stereocenters. The topological polar surface area (TPSA) is 119 Å². The van der Waals surface area contributed by atoms with E-state index in [2.05, 4.69) is 5.32 Å². The Morgan fingerprint density at radius 1 is 1.03 bits per heavy atom. The zero-order valence-corrected chi connectivity index (χ0v) is 22.9. The van der Waals surface area contributed by atoms with Crippen molar-refractivity contribution in [3.63, 3.8) is 0 Å². The van der Waals surface area contributed by atoms with Crippen molar-refractivity contribution < 1.29 is 32.3 Å². The molecule has 0 fully saturated rings. The molecule has 1 N–H and O–H groups in total. The zero-order valence-electron chi connectivity index (χ0n) is 22.1. The lowest BCUT2D eigenvalue weighted by atomic mass is 10.0. The molecule has 0 radical (unpaired) electrons. The number of carbonyl (C=O) groups excluding carboxylic acids is 3. The average Bonchev–Trinajstić information content (AvgIpc) is 3.12. The zero-order chi connectivity index (χ0) is 27.5. The van der Waals surface area contributed by atoms with E-state index in [0.29, 0.717) is 41.3 Å². The standard InChI is InChI=1S/C27H34N2O7S/c1-7-17-10-12-19-24(25(17)28-23(30)8-2)27(32)29(26(19)31)20(15-37(33,34)16(4)5)18-11-13-21(35-6)22(14-18)36-9-3/h10-14,16,20H,7-9,15H2,1-6H3,(H,28,30)/t20-/m1/s1. The number of imide groups is 1. The lowest BCUT2D eigenvalue weighted by Gasteiger charge is -2.28. The van der Waals surface area contributed by atoms with Crippen LogP contribution in [0.15, 0.2) is 30.3 Å². The molecule has 10 heteroatoms. The average molecular weight is 531 g/mol. The maximum atomic E-state index is 13.9. The number of hydrogen-bond acceptors (Lipinski definition) is 7. The monoisotopic (exact) mass is 530 g/mol. The van der Waals surface area contributed by atoms with Crippen molar-refractivity contribution in [3.8, 4) is 11.5 Å². The number of benzene rings is 2. The highest BCUT2D eigenvalue weighted by Gasteiger charge is 2.44. The quantitative estimate of drug-likeness (QED) is 0.433. The Balaban J connectivity index is 2.20. The van der Waals surface area contributed by atoms with Gasteiger partial charge in [-0.15, -0.1) is 0 Å². The van der Waals surface area contributed by atoms with Crippen LogP contribution in [0.1, 0.15) is 78.9 Å². The van der Waals surface area contributed by atoms with Gasteiger partial charge in [0.1, 0.15) is 0 Å². The molecule has 0 unspecified atom stereocenters. The Morgan fingerprint density at radius 2 is 1.73 bits per heavy atom. The first-order chi connectivity index (χ1) is 17.5. The molecule has 0 spiro atoms. The van der Waals surface area contributed by atoms with Gasteiger partial charge in [-0.3, -0.25) is 19.3 Å². The Bertz CT molecular complexity index is 1320. The van der Waals surface area contributed by atoms with Crippen LogP contribution in [0.3, 0.4) is 0 Å². The number of sulfone groups is 1. The summed E-state index contributed by atoms with van der Waals surface area (Å²) in [6.45, 7) is 8.82. The van der Waals surface area contributed by atoms with Crippen molar-refractivity contribution in [2.75, 3.05) is 24.8 Å². The van der Waals surface area contributed by atoms with E-state index < -0.39 is 38.7 Å². The van der Waals surface area contributed by atoms with E-state index in [1.165, 1.54) is 7.11 Å². The fourth-order valence-electron chi connectivity index (χ4n) is 4.24. The smallest absolute Gasteiger partial charge is 0.264 e. The van der Waals surface area contributed by atoms with Crippen LogP contribution < -0.4 is 14.8 Å². The van der Waals surface area contributed by atoms with Crippen molar-refractivity contribution >= 4 is 33.2 Å². The molecule has 9 nitrogen and oxygen atoms in total. The number of fused-ring (bicyclic) bond motifs is 1. The van der Waals surface area contributed by atoms with Gasteiger partial charge in [0.15, 0.2) is 21.3 Å². The maximum absolute atomic E-state index is 13.9. The van der Waals surface area contributed by atoms with Crippen molar-refractivity contribution in [1.29, 1.82) is 0 Å². The molecule has 1 heterocycles. The van der Waals surface area contributed by atoms with Crippen LogP contribution in [-0.2, 0) is 21.1 Å². The fourth-order valence-corrected chi connectivity index (χ4v) is 5.40. The molecule has 0 saturated carbocycles. The minimum Gasteiger partial charge on any atom is -0.493 e. The van der Waals surface area contributed by atoms with Crippen molar-refractivity contribution in [3.05, 3.63) is 52.6 Å². The molecule has 2 aromatic rings. The van der Waals surface area contributed by atoms with Crippen LogP contribution in [0.25, 0.3) is 0 Å². The highest BCUT2D eigenvalue weighted by atomic mass is 32.2. The first-order valence-corrected chi connectivity index (χ1v) is 14.1. The number of aryl methyl sites for hydroxylation is 1. The Morgan fingerprint density at radius 3 is 2.30 bits per heavy atom. The van der Waals surface area contributed by atoms with Crippen LogP contribution in [0, 0.1) is 0 Å². The number of methoxy groups -OCH3 is 1. The highest BCUT2D eigenvalue weighted by molar-refractivity contribution is 7.92. The molecule has 0 aliphatic carbocycles. The maximum Gasteiger partial charge on any atom is 0.264 e. The van der Waals surface area contributed by atoms with Gasteiger partial charge >= 0.3 is 0 Å². The molecule has 0 aromatic heterocycles. The van der Waals surface area contributed by atoms with E-state index in [1.54, 1.807) is 58.0 Å². The van der Waals surface area contributed by atoms with Crippen LogP contribution in [0.4, 0.5) is 5.69 Å². The lowest BCUT2D eigenvalue weighted by molar-refractivity contribution is -0.115. The highest BCUT2D eigenvalue weighted by Crippen LogP contribution is 2.40. The largest absolute Gasteiger partial charge is 0.493 e. The second kappa shape index (κ2) is 11.3. The predicted molar refractivity (Wildman–Crippen MR) is 141 cm³/mol. The van der Waals surface area contributed by atoms with Crippen molar-refractivity contribution in [2.45, 2.75) is 58.8 Å². The molecule has 37 heavy (non-hydrogen) atoms. The molecule has 1 aliphatic heterocycles. The Kier molecular flexibility index (Phi) is 8.63. The number of ether oxygens (including phenoxy) is 2. The Labute approximate surface area is 218 Å². The number of nitrogens with one attached hydrogen (secondary N) is 1. The third-order valence-electron chi connectivity index (χ3n) is 6.43. The number of anilines is 1.